The van der Waals surface area contributed by atoms with Crippen LogP contribution in [0, 0.1) is 5.92 Å². The van der Waals surface area contributed by atoms with Crippen LogP contribution in [0.5, 0.6) is 0 Å². The Labute approximate surface area is 166 Å². The second kappa shape index (κ2) is 7.97. The molecule has 0 aromatic carbocycles. The Morgan fingerprint density at radius 2 is 2.29 bits per heavy atom. The maximum Gasteiger partial charge on any atom is 0.246 e. The quantitative estimate of drug-likeness (QED) is 0.654. The van der Waals surface area contributed by atoms with E-state index >= 15 is 0 Å². The zero-order valence-corrected chi connectivity index (χ0v) is 16.3. The summed E-state index contributed by atoms with van der Waals surface area (Å²) in [5, 5.41) is 8.78. The van der Waals surface area contributed by atoms with Gasteiger partial charge in [-0.25, -0.2) is 0 Å². The molecule has 0 spiro atoms. The molecule has 4 rings (SSSR count). The Balaban J connectivity index is 1.28. The number of carbonyl (C=O) groups is 2. The molecule has 2 amide bonds. The number of thiophene rings is 1. The number of hydrogen-bond acceptors (Lipinski definition) is 6. The summed E-state index contributed by atoms with van der Waals surface area (Å²) >= 11 is 1.68. The monoisotopic (exact) mass is 399 g/mol. The lowest BCUT2D eigenvalue weighted by Gasteiger charge is -2.15. The minimum absolute atomic E-state index is 0.0282. The molecule has 4 heterocycles. The molecule has 0 saturated carbocycles. The normalized spacial score (nSPS) is 16.7. The third-order valence-corrected chi connectivity index (χ3v) is 5.78. The lowest BCUT2D eigenvalue weighted by molar-refractivity contribution is -0.129. The fourth-order valence-electron chi connectivity index (χ4n) is 3.30. The number of hydrogen-bond donors (Lipinski definition) is 1. The van der Waals surface area contributed by atoms with E-state index < -0.39 is 0 Å². The van der Waals surface area contributed by atoms with Crippen LogP contribution in [0.25, 0.3) is 11.5 Å². The lowest BCUT2D eigenvalue weighted by atomic mass is 10.1. The molecule has 28 heavy (non-hydrogen) atoms. The van der Waals surface area contributed by atoms with Crippen molar-refractivity contribution in [3.8, 4) is 11.5 Å². The average Bonchev–Trinajstić information content (AvgIpc) is 3.46. The summed E-state index contributed by atoms with van der Waals surface area (Å²) < 4.78 is 7.10. The van der Waals surface area contributed by atoms with Gasteiger partial charge in [0.1, 0.15) is 0 Å². The van der Waals surface area contributed by atoms with Gasteiger partial charge in [-0.2, -0.15) is 4.98 Å². The highest BCUT2D eigenvalue weighted by Gasteiger charge is 2.34. The van der Waals surface area contributed by atoms with Crippen molar-refractivity contribution in [1.82, 2.24) is 24.9 Å². The summed E-state index contributed by atoms with van der Waals surface area (Å²) in [5.41, 5.74) is 0.837. The standard InChI is InChI=1S/C19H21N5O3S/c1-23-7-2-5-15(23)18-21-16(27-22-18)11-20-19(26)13-10-17(25)24(12-13)8-6-14-4-3-9-28-14/h2-5,7,9,13H,6,8,10-12H2,1H3,(H,20,26). The van der Waals surface area contributed by atoms with Gasteiger partial charge in [0.15, 0.2) is 0 Å². The van der Waals surface area contributed by atoms with Crippen LogP contribution in [0.4, 0.5) is 0 Å². The van der Waals surface area contributed by atoms with Crippen LogP contribution in [0.1, 0.15) is 17.2 Å². The fourth-order valence-corrected chi connectivity index (χ4v) is 3.99. The van der Waals surface area contributed by atoms with Crippen molar-refractivity contribution in [3.63, 3.8) is 0 Å². The van der Waals surface area contributed by atoms with Gasteiger partial charge in [-0.05, 0) is 30.0 Å². The summed E-state index contributed by atoms with van der Waals surface area (Å²) in [6.45, 7) is 1.25. The van der Waals surface area contributed by atoms with E-state index in [9.17, 15) is 9.59 Å². The Hall–Kier alpha value is -2.94. The number of aryl methyl sites for hydroxylation is 1. The van der Waals surface area contributed by atoms with Crippen molar-refractivity contribution in [2.45, 2.75) is 19.4 Å². The van der Waals surface area contributed by atoms with Crippen LogP contribution in [-0.4, -0.2) is 44.5 Å². The smallest absolute Gasteiger partial charge is 0.246 e. The molecule has 1 saturated heterocycles. The molecular formula is C19H21N5O3S. The van der Waals surface area contributed by atoms with Crippen LogP contribution in [0.2, 0.25) is 0 Å². The molecule has 3 aromatic rings. The van der Waals surface area contributed by atoms with Crippen molar-refractivity contribution in [1.29, 1.82) is 0 Å². The first-order valence-corrected chi connectivity index (χ1v) is 10.0. The number of nitrogens with zero attached hydrogens (tertiary/aromatic N) is 4. The highest BCUT2D eigenvalue weighted by atomic mass is 32.1. The van der Waals surface area contributed by atoms with Crippen LogP contribution >= 0.6 is 11.3 Å². The van der Waals surface area contributed by atoms with Crippen LogP contribution in [0.3, 0.4) is 0 Å². The van der Waals surface area contributed by atoms with E-state index in [2.05, 4.69) is 21.5 Å². The van der Waals surface area contributed by atoms with E-state index in [0.717, 1.165) is 12.1 Å². The molecule has 0 radical (unpaired) electrons. The number of rotatable bonds is 7. The topological polar surface area (TPSA) is 93.3 Å². The van der Waals surface area contributed by atoms with Gasteiger partial charge in [0.25, 0.3) is 0 Å². The molecule has 1 aliphatic rings. The second-order valence-electron chi connectivity index (χ2n) is 6.80. The minimum Gasteiger partial charge on any atom is -0.348 e. The fraction of sp³-hybridized carbons (Fsp3) is 0.368. The molecule has 1 N–H and O–H groups in total. The molecule has 0 aliphatic carbocycles. The Morgan fingerprint density at radius 3 is 3.04 bits per heavy atom. The third-order valence-electron chi connectivity index (χ3n) is 4.85. The number of amides is 2. The molecule has 1 unspecified atom stereocenters. The molecule has 3 aromatic heterocycles. The third kappa shape index (κ3) is 3.99. The highest BCUT2D eigenvalue weighted by molar-refractivity contribution is 7.09. The molecule has 1 fully saturated rings. The van der Waals surface area contributed by atoms with Gasteiger partial charge >= 0.3 is 0 Å². The maximum absolute atomic E-state index is 12.5. The van der Waals surface area contributed by atoms with E-state index in [-0.39, 0.29) is 30.7 Å². The van der Waals surface area contributed by atoms with E-state index in [1.807, 2.05) is 41.4 Å². The first-order valence-electron chi connectivity index (χ1n) is 9.12. The van der Waals surface area contributed by atoms with Gasteiger partial charge in [0.05, 0.1) is 18.2 Å². The van der Waals surface area contributed by atoms with Crippen LogP contribution in [-0.2, 0) is 29.6 Å². The zero-order chi connectivity index (χ0) is 19.5. The average molecular weight is 399 g/mol. The predicted octanol–water partition coefficient (Wildman–Crippen LogP) is 1.84. The largest absolute Gasteiger partial charge is 0.348 e. The van der Waals surface area contributed by atoms with E-state index in [1.54, 1.807) is 16.2 Å². The van der Waals surface area contributed by atoms with Crippen molar-refractivity contribution in [2.75, 3.05) is 13.1 Å². The summed E-state index contributed by atoms with van der Waals surface area (Å²) in [4.78, 5) is 32.0. The van der Waals surface area contributed by atoms with Crippen molar-refractivity contribution >= 4 is 23.2 Å². The Morgan fingerprint density at radius 1 is 1.39 bits per heavy atom. The molecule has 146 valence electrons. The van der Waals surface area contributed by atoms with Gasteiger partial charge in [-0.1, -0.05) is 11.2 Å². The summed E-state index contributed by atoms with van der Waals surface area (Å²) in [6.07, 6.45) is 2.96. The van der Waals surface area contributed by atoms with E-state index in [4.69, 9.17) is 4.52 Å². The van der Waals surface area contributed by atoms with Crippen molar-refractivity contribution in [2.24, 2.45) is 13.0 Å². The van der Waals surface area contributed by atoms with Crippen LogP contribution in [0.15, 0.2) is 40.4 Å². The van der Waals surface area contributed by atoms with Gasteiger partial charge < -0.3 is 19.3 Å². The Kier molecular flexibility index (Phi) is 5.25. The van der Waals surface area contributed by atoms with Gasteiger partial charge in [-0.3, -0.25) is 9.59 Å². The number of nitrogens with one attached hydrogen (secondary N) is 1. The first-order chi connectivity index (χ1) is 13.6. The molecule has 1 aliphatic heterocycles. The van der Waals surface area contributed by atoms with Gasteiger partial charge in [0.2, 0.25) is 23.5 Å². The summed E-state index contributed by atoms with van der Waals surface area (Å²) in [5.74, 6) is 0.341. The van der Waals surface area contributed by atoms with Crippen LogP contribution < -0.4 is 5.32 Å². The SMILES string of the molecule is Cn1cccc1-c1noc(CNC(=O)C2CC(=O)N(CCc3cccs3)C2)n1. The summed E-state index contributed by atoms with van der Waals surface area (Å²) in [7, 11) is 1.90. The molecule has 0 bridgehead atoms. The first kappa shape index (κ1) is 18.4. The molecule has 8 nitrogen and oxygen atoms in total. The lowest BCUT2D eigenvalue weighted by Crippen LogP contribution is -2.33. The van der Waals surface area contributed by atoms with E-state index in [1.165, 1.54) is 4.88 Å². The number of aromatic nitrogens is 3. The maximum atomic E-state index is 12.5. The summed E-state index contributed by atoms with van der Waals surface area (Å²) in [6, 6.07) is 7.85. The van der Waals surface area contributed by atoms with Crippen molar-refractivity contribution < 1.29 is 14.1 Å². The van der Waals surface area contributed by atoms with Gasteiger partial charge in [0, 0.05) is 37.6 Å². The highest BCUT2D eigenvalue weighted by Crippen LogP contribution is 2.20. The second-order valence-corrected chi connectivity index (χ2v) is 7.84. The Bertz CT molecular complexity index is 962. The minimum atomic E-state index is -0.342. The van der Waals surface area contributed by atoms with Crippen molar-refractivity contribution in [3.05, 3.63) is 46.6 Å². The molecular weight excluding hydrogens is 378 g/mol. The zero-order valence-electron chi connectivity index (χ0n) is 15.5. The van der Waals surface area contributed by atoms with E-state index in [0.29, 0.717) is 24.8 Å². The van der Waals surface area contributed by atoms with Gasteiger partial charge in [-0.15, -0.1) is 11.3 Å². The number of likely N-dealkylation sites (tertiary alicyclic amines) is 1. The molecule has 1 atom stereocenters. The number of carbonyl (C=O) groups excluding carboxylic acids is 2. The molecule has 9 heteroatoms. The predicted molar refractivity (Wildman–Crippen MR) is 103 cm³/mol.